The summed E-state index contributed by atoms with van der Waals surface area (Å²) in [5, 5.41) is 8.61. The van der Waals surface area contributed by atoms with Gasteiger partial charge in [0.2, 0.25) is 5.91 Å². The summed E-state index contributed by atoms with van der Waals surface area (Å²) in [5.41, 5.74) is 2.22. The smallest absolute Gasteiger partial charge is 0.303 e. The molecule has 0 saturated heterocycles. The molecular weight excluding hydrogens is 246 g/mol. The Balaban J connectivity index is 2.08. The number of nitrogens with zero attached hydrogens (tertiary/aromatic N) is 1. The number of carboxylic acid groups (broad SMARTS) is 1. The molecule has 5 nitrogen and oxygen atoms in total. The highest BCUT2D eigenvalue weighted by atomic mass is 16.5. The molecular formula is C14H17NO4. The predicted molar refractivity (Wildman–Crippen MR) is 69.0 cm³/mol. The summed E-state index contributed by atoms with van der Waals surface area (Å²) in [4.78, 5) is 24.1. The second-order valence-electron chi connectivity index (χ2n) is 4.56. The first-order chi connectivity index (χ1) is 9.11. The van der Waals surface area contributed by atoms with Crippen molar-refractivity contribution >= 4 is 11.9 Å². The normalized spacial score (nSPS) is 13.8. The first-order valence-corrected chi connectivity index (χ1v) is 6.26. The monoisotopic (exact) mass is 263 g/mol. The van der Waals surface area contributed by atoms with Gasteiger partial charge in [-0.2, -0.15) is 0 Å². The molecule has 0 spiro atoms. The second kappa shape index (κ2) is 5.73. The standard InChI is InChI=1S/C14H17NO4/c1-19-12-4-2-3-10-7-8-15(9-11(10)12)13(16)5-6-14(17)18/h2-4H,5-9H2,1H3,(H,17,18). The van der Waals surface area contributed by atoms with Crippen LogP contribution in [0.3, 0.4) is 0 Å². The summed E-state index contributed by atoms with van der Waals surface area (Å²) in [6.45, 7) is 1.14. The van der Waals surface area contributed by atoms with Gasteiger partial charge < -0.3 is 14.7 Å². The van der Waals surface area contributed by atoms with Gasteiger partial charge in [-0.15, -0.1) is 0 Å². The van der Waals surface area contributed by atoms with Crippen LogP contribution in [-0.4, -0.2) is 35.5 Å². The van der Waals surface area contributed by atoms with Crippen LogP contribution in [0.15, 0.2) is 18.2 Å². The summed E-state index contributed by atoms with van der Waals surface area (Å²) in [6, 6.07) is 5.86. The number of amides is 1. The number of rotatable bonds is 4. The van der Waals surface area contributed by atoms with E-state index in [9.17, 15) is 9.59 Å². The Morgan fingerprint density at radius 3 is 2.84 bits per heavy atom. The van der Waals surface area contributed by atoms with Crippen LogP contribution in [-0.2, 0) is 22.6 Å². The van der Waals surface area contributed by atoms with Crippen LogP contribution in [0.5, 0.6) is 5.75 Å². The van der Waals surface area contributed by atoms with Crippen molar-refractivity contribution in [2.75, 3.05) is 13.7 Å². The van der Waals surface area contributed by atoms with Gasteiger partial charge in [-0.25, -0.2) is 0 Å². The molecule has 1 heterocycles. The minimum atomic E-state index is -0.941. The van der Waals surface area contributed by atoms with Crippen molar-refractivity contribution in [3.8, 4) is 5.75 Å². The summed E-state index contributed by atoms with van der Waals surface area (Å²) >= 11 is 0. The van der Waals surface area contributed by atoms with Gasteiger partial charge >= 0.3 is 5.97 Å². The van der Waals surface area contributed by atoms with Gasteiger partial charge in [-0.1, -0.05) is 12.1 Å². The minimum Gasteiger partial charge on any atom is -0.496 e. The third kappa shape index (κ3) is 3.05. The third-order valence-corrected chi connectivity index (χ3v) is 3.36. The van der Waals surface area contributed by atoms with E-state index in [-0.39, 0.29) is 18.7 Å². The zero-order valence-corrected chi connectivity index (χ0v) is 10.9. The van der Waals surface area contributed by atoms with E-state index in [1.807, 2.05) is 18.2 Å². The highest BCUT2D eigenvalue weighted by Gasteiger charge is 2.23. The lowest BCUT2D eigenvalue weighted by molar-refractivity contribution is -0.141. The van der Waals surface area contributed by atoms with Crippen molar-refractivity contribution in [3.63, 3.8) is 0 Å². The molecule has 0 fully saturated rings. The number of fused-ring (bicyclic) bond motifs is 1. The van der Waals surface area contributed by atoms with E-state index in [1.54, 1.807) is 12.0 Å². The molecule has 0 aromatic heterocycles. The number of benzene rings is 1. The molecule has 1 aliphatic heterocycles. The minimum absolute atomic E-state index is 0.0554. The van der Waals surface area contributed by atoms with Crippen molar-refractivity contribution in [2.24, 2.45) is 0 Å². The van der Waals surface area contributed by atoms with Crippen molar-refractivity contribution in [2.45, 2.75) is 25.8 Å². The van der Waals surface area contributed by atoms with E-state index in [1.165, 1.54) is 5.56 Å². The Morgan fingerprint density at radius 2 is 2.16 bits per heavy atom. The molecule has 2 rings (SSSR count). The number of carbonyl (C=O) groups excluding carboxylic acids is 1. The van der Waals surface area contributed by atoms with Crippen molar-refractivity contribution in [1.29, 1.82) is 0 Å². The lowest BCUT2D eigenvalue weighted by atomic mass is 9.98. The molecule has 5 heteroatoms. The highest BCUT2D eigenvalue weighted by molar-refractivity contribution is 5.81. The van der Waals surface area contributed by atoms with Crippen molar-refractivity contribution in [1.82, 2.24) is 4.90 Å². The quantitative estimate of drug-likeness (QED) is 0.892. The SMILES string of the molecule is COc1cccc2c1CN(C(=O)CCC(=O)O)CC2. The van der Waals surface area contributed by atoms with Gasteiger partial charge in [0, 0.05) is 25.1 Å². The summed E-state index contributed by atoms with van der Waals surface area (Å²) < 4.78 is 5.31. The van der Waals surface area contributed by atoms with E-state index in [0.717, 1.165) is 17.7 Å². The largest absolute Gasteiger partial charge is 0.496 e. The second-order valence-corrected chi connectivity index (χ2v) is 4.56. The molecule has 0 radical (unpaired) electrons. The Labute approximate surface area is 111 Å². The maximum absolute atomic E-state index is 11.9. The van der Waals surface area contributed by atoms with Crippen molar-refractivity contribution in [3.05, 3.63) is 29.3 Å². The number of carbonyl (C=O) groups is 2. The average molecular weight is 263 g/mol. The fourth-order valence-corrected chi connectivity index (χ4v) is 2.33. The number of carboxylic acids is 1. The highest BCUT2D eigenvalue weighted by Crippen LogP contribution is 2.28. The zero-order chi connectivity index (χ0) is 13.8. The van der Waals surface area contributed by atoms with Crippen LogP contribution in [0.2, 0.25) is 0 Å². The Kier molecular flexibility index (Phi) is 4.04. The van der Waals surface area contributed by atoms with Crippen molar-refractivity contribution < 1.29 is 19.4 Å². The average Bonchev–Trinajstić information content (AvgIpc) is 2.43. The van der Waals surface area contributed by atoms with Gasteiger partial charge in [0.25, 0.3) is 0 Å². The molecule has 0 atom stereocenters. The maximum Gasteiger partial charge on any atom is 0.303 e. The van der Waals surface area contributed by atoms with Gasteiger partial charge in [-0.3, -0.25) is 9.59 Å². The maximum atomic E-state index is 11.9. The fraction of sp³-hybridized carbons (Fsp3) is 0.429. The zero-order valence-electron chi connectivity index (χ0n) is 10.9. The molecule has 1 aromatic rings. The van der Waals surface area contributed by atoms with Crippen LogP contribution in [0.4, 0.5) is 0 Å². The van der Waals surface area contributed by atoms with Gasteiger partial charge in [0.05, 0.1) is 13.5 Å². The van der Waals surface area contributed by atoms with Gasteiger partial charge in [0.1, 0.15) is 5.75 Å². The molecule has 19 heavy (non-hydrogen) atoms. The summed E-state index contributed by atoms with van der Waals surface area (Å²) in [7, 11) is 1.61. The van der Waals surface area contributed by atoms with Crippen LogP contribution < -0.4 is 4.74 Å². The molecule has 1 aliphatic rings. The fourth-order valence-electron chi connectivity index (χ4n) is 2.33. The van der Waals surface area contributed by atoms with E-state index in [2.05, 4.69) is 0 Å². The number of ether oxygens (including phenoxy) is 1. The lowest BCUT2D eigenvalue weighted by Crippen LogP contribution is -2.36. The number of hydrogen-bond acceptors (Lipinski definition) is 3. The Morgan fingerprint density at radius 1 is 1.37 bits per heavy atom. The van der Waals surface area contributed by atoms with Gasteiger partial charge in [-0.05, 0) is 18.1 Å². The molecule has 0 aliphatic carbocycles. The molecule has 1 aromatic carbocycles. The first kappa shape index (κ1) is 13.4. The van der Waals surface area contributed by atoms with E-state index in [0.29, 0.717) is 13.1 Å². The third-order valence-electron chi connectivity index (χ3n) is 3.36. The Bertz CT molecular complexity index is 484. The molecule has 0 unspecified atom stereocenters. The number of aliphatic carboxylic acids is 1. The molecule has 0 bridgehead atoms. The lowest BCUT2D eigenvalue weighted by Gasteiger charge is -2.29. The number of hydrogen-bond donors (Lipinski definition) is 1. The number of methoxy groups -OCH3 is 1. The Hall–Kier alpha value is -2.04. The van der Waals surface area contributed by atoms with E-state index in [4.69, 9.17) is 9.84 Å². The van der Waals surface area contributed by atoms with E-state index >= 15 is 0 Å². The molecule has 102 valence electrons. The molecule has 0 saturated carbocycles. The summed E-state index contributed by atoms with van der Waals surface area (Å²) in [6.07, 6.45) is 0.722. The van der Waals surface area contributed by atoms with Crippen LogP contribution in [0.1, 0.15) is 24.0 Å². The van der Waals surface area contributed by atoms with Crippen LogP contribution >= 0.6 is 0 Å². The molecule has 1 amide bonds. The van der Waals surface area contributed by atoms with Gasteiger partial charge in [0.15, 0.2) is 0 Å². The first-order valence-electron chi connectivity index (χ1n) is 6.26. The topological polar surface area (TPSA) is 66.8 Å². The summed E-state index contributed by atoms with van der Waals surface area (Å²) in [5.74, 6) is -0.268. The van der Waals surface area contributed by atoms with Crippen LogP contribution in [0.25, 0.3) is 0 Å². The van der Waals surface area contributed by atoms with E-state index < -0.39 is 5.97 Å². The van der Waals surface area contributed by atoms with Crippen LogP contribution in [0, 0.1) is 0 Å². The molecule has 1 N–H and O–H groups in total. The predicted octanol–water partition coefficient (Wildman–Crippen LogP) is 1.44.